The van der Waals surface area contributed by atoms with Crippen LogP contribution < -0.4 is 14.8 Å². The number of carbonyl (C=O) groups is 1. The minimum Gasteiger partial charge on any atom is -0.493 e. The van der Waals surface area contributed by atoms with Gasteiger partial charge in [0.05, 0.1) is 26.7 Å². The number of nitrogens with zero attached hydrogens (tertiary/aromatic N) is 5. The van der Waals surface area contributed by atoms with E-state index < -0.39 is 0 Å². The number of methoxy groups -OCH3 is 2. The predicted molar refractivity (Wildman–Crippen MR) is 101 cm³/mol. The molecule has 0 saturated heterocycles. The summed E-state index contributed by atoms with van der Waals surface area (Å²) in [6.45, 7) is -0.0831. The molecule has 1 amide bonds. The molecule has 0 aliphatic rings. The molecule has 3 rings (SSSR count). The quantitative estimate of drug-likeness (QED) is 0.669. The van der Waals surface area contributed by atoms with Crippen LogP contribution in [0.15, 0.2) is 42.5 Å². The van der Waals surface area contributed by atoms with Gasteiger partial charge in [-0.15, -0.1) is 10.2 Å². The van der Waals surface area contributed by atoms with Gasteiger partial charge in [-0.25, -0.2) is 0 Å². The summed E-state index contributed by atoms with van der Waals surface area (Å²) >= 11 is 0. The number of benzene rings is 2. The van der Waals surface area contributed by atoms with Crippen molar-refractivity contribution in [3.63, 3.8) is 0 Å². The van der Waals surface area contributed by atoms with Crippen LogP contribution in [0.5, 0.6) is 11.5 Å². The van der Waals surface area contributed by atoms with Gasteiger partial charge in [-0.2, -0.15) is 10.1 Å². The van der Waals surface area contributed by atoms with Gasteiger partial charge in [0, 0.05) is 11.3 Å². The molecule has 3 aromatic rings. The van der Waals surface area contributed by atoms with Gasteiger partial charge in [0.25, 0.3) is 0 Å². The van der Waals surface area contributed by atoms with Crippen molar-refractivity contribution in [3.05, 3.63) is 48.0 Å². The zero-order valence-corrected chi connectivity index (χ0v) is 15.4. The van der Waals surface area contributed by atoms with Crippen LogP contribution in [0, 0.1) is 11.3 Å². The van der Waals surface area contributed by atoms with E-state index in [1.807, 2.05) is 0 Å². The van der Waals surface area contributed by atoms with Gasteiger partial charge in [0.15, 0.2) is 11.5 Å². The number of hydrogen-bond acceptors (Lipinski definition) is 7. The lowest BCUT2D eigenvalue weighted by molar-refractivity contribution is -0.117. The van der Waals surface area contributed by atoms with E-state index in [1.54, 1.807) is 56.7 Å². The molecule has 1 aromatic heterocycles. The number of anilines is 1. The summed E-state index contributed by atoms with van der Waals surface area (Å²) in [7, 11) is 3.10. The van der Waals surface area contributed by atoms with Crippen molar-refractivity contribution >= 4 is 11.6 Å². The number of carbonyl (C=O) groups excluding carboxylic acids is 1. The minimum atomic E-state index is -0.288. The first-order valence-corrected chi connectivity index (χ1v) is 8.39. The van der Waals surface area contributed by atoms with E-state index in [9.17, 15) is 4.79 Å². The van der Waals surface area contributed by atoms with Crippen LogP contribution in [-0.2, 0) is 17.8 Å². The molecule has 0 radical (unpaired) electrons. The summed E-state index contributed by atoms with van der Waals surface area (Å²) in [4.78, 5) is 13.4. The second-order valence-corrected chi connectivity index (χ2v) is 5.79. The minimum absolute atomic E-state index is 0.0831. The van der Waals surface area contributed by atoms with Crippen LogP contribution in [0.1, 0.15) is 5.56 Å². The highest BCUT2D eigenvalue weighted by atomic mass is 16.5. The van der Waals surface area contributed by atoms with Gasteiger partial charge in [-0.05, 0) is 41.1 Å². The second-order valence-electron chi connectivity index (χ2n) is 5.79. The monoisotopic (exact) mass is 378 g/mol. The third-order valence-corrected chi connectivity index (χ3v) is 3.90. The van der Waals surface area contributed by atoms with Crippen LogP contribution >= 0.6 is 0 Å². The summed E-state index contributed by atoms with van der Waals surface area (Å²) < 4.78 is 10.5. The molecular weight excluding hydrogens is 360 g/mol. The van der Waals surface area contributed by atoms with Crippen molar-refractivity contribution in [1.29, 1.82) is 5.26 Å². The zero-order chi connectivity index (χ0) is 19.9. The number of aromatic nitrogens is 4. The Bertz CT molecular complexity index is 1010. The predicted octanol–water partition coefficient (Wildman–Crippen LogP) is 2.06. The maximum Gasteiger partial charge on any atom is 0.248 e. The Labute approximate surface area is 161 Å². The molecule has 1 N–H and O–H groups in total. The highest BCUT2D eigenvalue weighted by molar-refractivity contribution is 5.90. The molecule has 0 saturated carbocycles. The van der Waals surface area contributed by atoms with E-state index in [0.717, 1.165) is 5.56 Å². The fourth-order valence-electron chi connectivity index (χ4n) is 2.53. The Morgan fingerprint density at radius 3 is 2.57 bits per heavy atom. The van der Waals surface area contributed by atoms with Crippen molar-refractivity contribution in [2.75, 3.05) is 19.5 Å². The SMILES string of the molecule is COc1ccc(-c2nnn(CC(=O)Nc3ccc(CC#N)cc3)n2)cc1OC. The van der Waals surface area contributed by atoms with Crippen molar-refractivity contribution in [2.45, 2.75) is 13.0 Å². The molecule has 142 valence electrons. The van der Waals surface area contributed by atoms with Gasteiger partial charge in [0.2, 0.25) is 11.7 Å². The summed E-state index contributed by atoms with van der Waals surface area (Å²) in [5.41, 5.74) is 2.21. The summed E-state index contributed by atoms with van der Waals surface area (Å²) in [5, 5.41) is 23.6. The molecule has 0 spiro atoms. The largest absolute Gasteiger partial charge is 0.493 e. The average Bonchev–Trinajstić information content (AvgIpc) is 3.17. The number of tetrazole rings is 1. The smallest absolute Gasteiger partial charge is 0.248 e. The van der Waals surface area contributed by atoms with Crippen LogP contribution in [0.2, 0.25) is 0 Å². The summed E-state index contributed by atoms with van der Waals surface area (Å²) in [5.74, 6) is 1.23. The first-order chi connectivity index (χ1) is 13.6. The van der Waals surface area contributed by atoms with E-state index in [1.165, 1.54) is 4.80 Å². The Kier molecular flexibility index (Phi) is 5.81. The zero-order valence-electron chi connectivity index (χ0n) is 15.4. The normalized spacial score (nSPS) is 10.2. The van der Waals surface area contributed by atoms with Crippen molar-refractivity contribution in [3.8, 4) is 29.0 Å². The number of rotatable bonds is 7. The number of hydrogen-bond donors (Lipinski definition) is 1. The van der Waals surface area contributed by atoms with E-state index >= 15 is 0 Å². The molecule has 0 atom stereocenters. The standard InChI is InChI=1S/C19H18N6O3/c1-27-16-8-5-14(11-17(16)28-2)19-22-24-25(23-19)12-18(26)21-15-6-3-13(4-7-15)9-10-20/h3-8,11H,9,12H2,1-2H3,(H,21,26). The number of ether oxygens (including phenoxy) is 2. The van der Waals surface area contributed by atoms with Gasteiger partial charge < -0.3 is 14.8 Å². The molecule has 1 heterocycles. The lowest BCUT2D eigenvalue weighted by atomic mass is 10.1. The highest BCUT2D eigenvalue weighted by Crippen LogP contribution is 2.30. The van der Waals surface area contributed by atoms with Gasteiger partial charge in [-0.1, -0.05) is 12.1 Å². The first-order valence-electron chi connectivity index (χ1n) is 8.39. The molecular formula is C19H18N6O3. The van der Waals surface area contributed by atoms with Crippen molar-refractivity contribution in [1.82, 2.24) is 20.2 Å². The Morgan fingerprint density at radius 1 is 1.14 bits per heavy atom. The molecule has 9 nitrogen and oxygen atoms in total. The lowest BCUT2D eigenvalue weighted by Crippen LogP contribution is -2.20. The third kappa shape index (κ3) is 4.42. The molecule has 0 fully saturated rings. The van der Waals surface area contributed by atoms with Crippen molar-refractivity contribution < 1.29 is 14.3 Å². The fourth-order valence-corrected chi connectivity index (χ4v) is 2.53. The molecule has 28 heavy (non-hydrogen) atoms. The molecule has 9 heteroatoms. The fraction of sp³-hybridized carbons (Fsp3) is 0.211. The Hall–Kier alpha value is -3.93. The number of nitriles is 1. The summed E-state index contributed by atoms with van der Waals surface area (Å²) in [6, 6.07) is 14.4. The van der Waals surface area contributed by atoms with Gasteiger partial charge in [0.1, 0.15) is 6.54 Å². The van der Waals surface area contributed by atoms with E-state index in [-0.39, 0.29) is 12.5 Å². The average molecular weight is 378 g/mol. The molecule has 0 unspecified atom stereocenters. The molecule has 0 aliphatic carbocycles. The maximum absolute atomic E-state index is 12.2. The van der Waals surface area contributed by atoms with Crippen LogP contribution in [-0.4, -0.2) is 40.3 Å². The van der Waals surface area contributed by atoms with Gasteiger partial charge in [-0.3, -0.25) is 4.79 Å². The summed E-state index contributed by atoms with van der Waals surface area (Å²) in [6.07, 6.45) is 0.329. The van der Waals surface area contributed by atoms with Gasteiger partial charge >= 0.3 is 0 Å². The highest BCUT2D eigenvalue weighted by Gasteiger charge is 2.12. The molecule has 0 bridgehead atoms. The van der Waals surface area contributed by atoms with Crippen LogP contribution in [0.4, 0.5) is 5.69 Å². The Morgan fingerprint density at radius 2 is 1.89 bits per heavy atom. The van der Waals surface area contributed by atoms with E-state index in [2.05, 4.69) is 26.8 Å². The molecule has 0 aliphatic heterocycles. The number of nitrogens with one attached hydrogen (secondary N) is 1. The van der Waals surface area contributed by atoms with Crippen LogP contribution in [0.25, 0.3) is 11.4 Å². The van der Waals surface area contributed by atoms with E-state index in [0.29, 0.717) is 35.0 Å². The first kappa shape index (κ1) is 18.8. The number of amides is 1. The Balaban J connectivity index is 1.65. The second kappa shape index (κ2) is 8.64. The maximum atomic E-state index is 12.2. The van der Waals surface area contributed by atoms with Crippen molar-refractivity contribution in [2.24, 2.45) is 0 Å². The lowest BCUT2D eigenvalue weighted by Gasteiger charge is -2.07. The topological polar surface area (TPSA) is 115 Å². The third-order valence-electron chi connectivity index (χ3n) is 3.90. The van der Waals surface area contributed by atoms with E-state index in [4.69, 9.17) is 14.7 Å². The molecule has 2 aromatic carbocycles. The van der Waals surface area contributed by atoms with Crippen LogP contribution in [0.3, 0.4) is 0 Å².